The first-order valence-corrected chi connectivity index (χ1v) is 5.86. The van der Waals surface area contributed by atoms with E-state index in [-0.39, 0.29) is 5.91 Å². The molecule has 0 heterocycles. The molecule has 0 aromatic heterocycles. The lowest BCUT2D eigenvalue weighted by Crippen LogP contribution is -2.21. The van der Waals surface area contributed by atoms with Gasteiger partial charge in [0, 0.05) is 16.3 Å². The number of benzene rings is 2. The fourth-order valence-corrected chi connectivity index (χ4v) is 1.74. The van der Waals surface area contributed by atoms with Crippen LogP contribution in [-0.2, 0) is 0 Å². The van der Waals surface area contributed by atoms with Crippen molar-refractivity contribution >= 4 is 23.2 Å². The molecule has 2 nitrogen and oxygen atoms in total. The lowest BCUT2D eigenvalue weighted by Gasteiger charge is -2.08. The van der Waals surface area contributed by atoms with Gasteiger partial charge < -0.3 is 5.32 Å². The number of hydrogen-bond acceptors (Lipinski definition) is 1. The maximum atomic E-state index is 12.0. The number of carbonyl (C=O) groups excluding carboxylic acids is 1. The molecule has 0 fully saturated rings. The molecule has 0 unspecified atom stereocenters. The van der Waals surface area contributed by atoms with Crippen molar-refractivity contribution in [2.45, 2.75) is 0 Å². The molecule has 0 aliphatic heterocycles. The van der Waals surface area contributed by atoms with Gasteiger partial charge in [0.1, 0.15) is 0 Å². The highest BCUT2D eigenvalue weighted by Crippen LogP contribution is 2.13. The van der Waals surface area contributed by atoms with Gasteiger partial charge in [0.05, 0.1) is 0 Å². The molecule has 0 saturated carbocycles. The van der Waals surface area contributed by atoms with Crippen molar-refractivity contribution in [3.63, 3.8) is 0 Å². The van der Waals surface area contributed by atoms with Crippen LogP contribution < -0.4 is 5.32 Å². The third kappa shape index (κ3) is 2.99. The molecule has 0 atom stereocenters. The van der Waals surface area contributed by atoms with Crippen LogP contribution in [0.4, 0.5) is 0 Å². The van der Waals surface area contributed by atoms with Gasteiger partial charge in [-0.05, 0) is 23.8 Å². The first kappa shape index (κ1) is 12.4. The van der Waals surface area contributed by atoms with Gasteiger partial charge in [-0.2, -0.15) is 0 Å². The van der Waals surface area contributed by atoms with E-state index in [1.807, 2.05) is 30.3 Å². The van der Waals surface area contributed by atoms with Crippen molar-refractivity contribution < 1.29 is 4.79 Å². The van der Waals surface area contributed by atoms with Gasteiger partial charge in [-0.1, -0.05) is 54.6 Å². The van der Waals surface area contributed by atoms with Gasteiger partial charge in [-0.3, -0.25) is 4.79 Å². The molecule has 0 aliphatic rings. The van der Waals surface area contributed by atoms with Gasteiger partial charge in [0.2, 0.25) is 0 Å². The van der Waals surface area contributed by atoms with E-state index in [9.17, 15) is 4.79 Å². The summed E-state index contributed by atoms with van der Waals surface area (Å²) in [7, 11) is 0. The van der Waals surface area contributed by atoms with Gasteiger partial charge >= 0.3 is 0 Å². The zero-order valence-corrected chi connectivity index (χ0v) is 10.4. The molecule has 2 aromatic carbocycles. The lowest BCUT2D eigenvalue weighted by molar-refractivity contribution is 0.0974. The summed E-state index contributed by atoms with van der Waals surface area (Å²) in [6, 6.07) is 16.3. The van der Waals surface area contributed by atoms with E-state index in [0.717, 1.165) is 5.56 Å². The van der Waals surface area contributed by atoms with E-state index in [2.05, 4.69) is 11.9 Å². The van der Waals surface area contributed by atoms with Crippen LogP contribution in [0.5, 0.6) is 0 Å². The average molecular weight is 258 g/mol. The molecular formula is C15H12ClNO. The minimum Gasteiger partial charge on any atom is -0.322 e. The van der Waals surface area contributed by atoms with E-state index in [0.29, 0.717) is 16.3 Å². The minimum atomic E-state index is -0.216. The predicted octanol–water partition coefficient (Wildman–Crippen LogP) is 3.74. The Kier molecular flexibility index (Phi) is 3.80. The first-order chi connectivity index (χ1) is 8.66. The maximum absolute atomic E-state index is 12.0. The summed E-state index contributed by atoms with van der Waals surface area (Å²) < 4.78 is 0. The first-order valence-electron chi connectivity index (χ1n) is 5.48. The average Bonchev–Trinajstić information content (AvgIpc) is 2.39. The summed E-state index contributed by atoms with van der Waals surface area (Å²) in [5, 5.41) is 3.28. The van der Waals surface area contributed by atoms with Gasteiger partial charge in [-0.15, -0.1) is 0 Å². The summed E-state index contributed by atoms with van der Waals surface area (Å²) in [5.41, 5.74) is 1.97. The topological polar surface area (TPSA) is 29.1 Å². The molecular weight excluding hydrogens is 246 g/mol. The predicted molar refractivity (Wildman–Crippen MR) is 74.4 cm³/mol. The van der Waals surface area contributed by atoms with Crippen LogP contribution in [0, 0.1) is 0 Å². The van der Waals surface area contributed by atoms with Crippen LogP contribution in [0.3, 0.4) is 0 Å². The molecule has 3 heteroatoms. The smallest absolute Gasteiger partial charge is 0.255 e. The second-order valence-electron chi connectivity index (χ2n) is 3.81. The van der Waals surface area contributed by atoms with Crippen molar-refractivity contribution in [2.24, 2.45) is 0 Å². The molecule has 0 spiro atoms. The number of carbonyl (C=O) groups is 1. The maximum Gasteiger partial charge on any atom is 0.255 e. The zero-order valence-electron chi connectivity index (χ0n) is 9.69. The fourth-order valence-electron chi connectivity index (χ4n) is 1.55. The number of rotatable bonds is 3. The molecule has 90 valence electrons. The second-order valence-corrected chi connectivity index (χ2v) is 4.25. The molecule has 0 saturated heterocycles. The minimum absolute atomic E-state index is 0.216. The van der Waals surface area contributed by atoms with E-state index >= 15 is 0 Å². The van der Waals surface area contributed by atoms with Crippen molar-refractivity contribution in [3.05, 3.63) is 77.3 Å². The van der Waals surface area contributed by atoms with Gasteiger partial charge in [-0.25, -0.2) is 0 Å². The second kappa shape index (κ2) is 5.52. The SMILES string of the molecule is C=C(NC(=O)c1cccc(Cl)c1)c1ccccc1. The van der Waals surface area contributed by atoms with Gasteiger partial charge in [0.25, 0.3) is 5.91 Å². The molecule has 0 aliphatic carbocycles. The monoisotopic (exact) mass is 257 g/mol. The Hall–Kier alpha value is -2.06. The number of halogens is 1. The molecule has 0 radical (unpaired) electrons. The third-order valence-electron chi connectivity index (χ3n) is 2.47. The standard InChI is InChI=1S/C15H12ClNO/c1-11(12-6-3-2-4-7-12)17-15(18)13-8-5-9-14(16)10-13/h2-10H,1H2,(H,17,18). The zero-order chi connectivity index (χ0) is 13.0. The van der Waals surface area contributed by atoms with E-state index < -0.39 is 0 Å². The highest BCUT2D eigenvalue weighted by atomic mass is 35.5. The largest absolute Gasteiger partial charge is 0.322 e. The quantitative estimate of drug-likeness (QED) is 0.892. The highest BCUT2D eigenvalue weighted by molar-refractivity contribution is 6.31. The Morgan fingerprint density at radius 2 is 1.67 bits per heavy atom. The molecule has 0 bridgehead atoms. The molecule has 18 heavy (non-hydrogen) atoms. The Balaban J connectivity index is 2.11. The summed E-state index contributed by atoms with van der Waals surface area (Å²) in [4.78, 5) is 12.0. The van der Waals surface area contributed by atoms with Gasteiger partial charge in [0.15, 0.2) is 0 Å². The number of hydrogen-bond donors (Lipinski definition) is 1. The van der Waals surface area contributed by atoms with Crippen LogP contribution in [0.2, 0.25) is 5.02 Å². The fraction of sp³-hybridized carbons (Fsp3) is 0. The Labute approximate surface area is 111 Å². The van der Waals surface area contributed by atoms with E-state index in [1.165, 1.54) is 0 Å². The van der Waals surface area contributed by atoms with Crippen LogP contribution in [0.15, 0.2) is 61.2 Å². The van der Waals surface area contributed by atoms with Crippen LogP contribution >= 0.6 is 11.6 Å². The van der Waals surface area contributed by atoms with Crippen molar-refractivity contribution in [2.75, 3.05) is 0 Å². The number of nitrogens with one attached hydrogen (secondary N) is 1. The Bertz CT molecular complexity index is 578. The van der Waals surface area contributed by atoms with Crippen molar-refractivity contribution in [3.8, 4) is 0 Å². The van der Waals surface area contributed by atoms with Crippen LogP contribution in [0.1, 0.15) is 15.9 Å². The van der Waals surface area contributed by atoms with E-state index in [4.69, 9.17) is 11.6 Å². The summed E-state index contributed by atoms with van der Waals surface area (Å²) >= 11 is 5.84. The summed E-state index contributed by atoms with van der Waals surface area (Å²) in [6.45, 7) is 3.85. The summed E-state index contributed by atoms with van der Waals surface area (Å²) in [5.74, 6) is -0.216. The summed E-state index contributed by atoms with van der Waals surface area (Å²) in [6.07, 6.45) is 0. The highest BCUT2D eigenvalue weighted by Gasteiger charge is 2.07. The Morgan fingerprint density at radius 3 is 2.33 bits per heavy atom. The number of amides is 1. The molecule has 2 rings (SSSR count). The lowest BCUT2D eigenvalue weighted by atomic mass is 10.1. The molecule has 1 N–H and O–H groups in total. The van der Waals surface area contributed by atoms with Crippen LogP contribution in [0.25, 0.3) is 5.70 Å². The van der Waals surface area contributed by atoms with Crippen molar-refractivity contribution in [1.82, 2.24) is 5.32 Å². The third-order valence-corrected chi connectivity index (χ3v) is 2.71. The van der Waals surface area contributed by atoms with Crippen LogP contribution in [-0.4, -0.2) is 5.91 Å². The van der Waals surface area contributed by atoms with E-state index in [1.54, 1.807) is 24.3 Å². The normalized spacial score (nSPS) is 9.83. The Morgan fingerprint density at radius 1 is 1.00 bits per heavy atom. The molecule has 1 amide bonds. The molecule has 2 aromatic rings. The van der Waals surface area contributed by atoms with Crippen molar-refractivity contribution in [1.29, 1.82) is 0 Å².